The van der Waals surface area contributed by atoms with Gasteiger partial charge in [0.05, 0.1) is 6.26 Å². The van der Waals surface area contributed by atoms with Crippen molar-refractivity contribution in [3.05, 3.63) is 24.2 Å². The van der Waals surface area contributed by atoms with E-state index in [0.717, 1.165) is 19.0 Å². The zero-order valence-electron chi connectivity index (χ0n) is 9.54. The SMILES string of the molecule is CCCNCC1CCCC1c1ccco1. The van der Waals surface area contributed by atoms with Gasteiger partial charge in [-0.05, 0) is 50.4 Å². The topological polar surface area (TPSA) is 25.2 Å². The van der Waals surface area contributed by atoms with Gasteiger partial charge in [0.25, 0.3) is 0 Å². The molecular weight excluding hydrogens is 186 g/mol. The van der Waals surface area contributed by atoms with E-state index in [4.69, 9.17) is 4.42 Å². The molecule has 0 aromatic carbocycles. The maximum Gasteiger partial charge on any atom is 0.107 e. The molecule has 0 radical (unpaired) electrons. The molecule has 0 bridgehead atoms. The van der Waals surface area contributed by atoms with Crippen LogP contribution in [0.25, 0.3) is 0 Å². The fraction of sp³-hybridized carbons (Fsp3) is 0.692. The van der Waals surface area contributed by atoms with Gasteiger partial charge in [0, 0.05) is 5.92 Å². The highest BCUT2D eigenvalue weighted by Crippen LogP contribution is 2.39. The Hall–Kier alpha value is -0.760. The molecule has 2 atom stereocenters. The van der Waals surface area contributed by atoms with Gasteiger partial charge in [0.15, 0.2) is 0 Å². The molecule has 0 amide bonds. The zero-order chi connectivity index (χ0) is 10.5. The standard InChI is InChI=1S/C13H21NO/c1-2-8-14-10-11-5-3-6-12(11)13-7-4-9-15-13/h4,7,9,11-12,14H,2-3,5-6,8,10H2,1H3. The normalized spacial score (nSPS) is 25.9. The van der Waals surface area contributed by atoms with Crippen molar-refractivity contribution < 1.29 is 4.42 Å². The molecule has 1 fully saturated rings. The van der Waals surface area contributed by atoms with Gasteiger partial charge in [-0.15, -0.1) is 0 Å². The van der Waals surface area contributed by atoms with Gasteiger partial charge in [0.1, 0.15) is 5.76 Å². The van der Waals surface area contributed by atoms with Crippen LogP contribution in [0.4, 0.5) is 0 Å². The second-order valence-electron chi connectivity index (χ2n) is 4.52. The van der Waals surface area contributed by atoms with Crippen molar-refractivity contribution in [3.63, 3.8) is 0 Å². The van der Waals surface area contributed by atoms with Crippen molar-refractivity contribution in [3.8, 4) is 0 Å². The lowest BCUT2D eigenvalue weighted by Crippen LogP contribution is -2.25. The molecule has 1 aliphatic rings. The Bertz CT molecular complexity index is 268. The number of nitrogens with one attached hydrogen (secondary N) is 1. The Morgan fingerprint density at radius 3 is 3.13 bits per heavy atom. The van der Waals surface area contributed by atoms with Crippen LogP contribution in [-0.2, 0) is 0 Å². The number of hydrogen-bond acceptors (Lipinski definition) is 2. The Balaban J connectivity index is 1.88. The lowest BCUT2D eigenvalue weighted by molar-refractivity contribution is 0.380. The predicted octanol–water partition coefficient (Wildman–Crippen LogP) is 3.16. The average Bonchev–Trinajstić information content (AvgIpc) is 2.87. The highest BCUT2D eigenvalue weighted by Gasteiger charge is 2.29. The van der Waals surface area contributed by atoms with E-state index in [1.165, 1.54) is 31.4 Å². The van der Waals surface area contributed by atoms with E-state index in [1.807, 2.05) is 6.07 Å². The molecule has 2 nitrogen and oxygen atoms in total. The molecule has 1 aromatic heterocycles. The van der Waals surface area contributed by atoms with Gasteiger partial charge in [-0.2, -0.15) is 0 Å². The summed E-state index contributed by atoms with van der Waals surface area (Å²) in [6.07, 6.45) is 7.01. The van der Waals surface area contributed by atoms with Crippen molar-refractivity contribution in [2.45, 2.75) is 38.5 Å². The first-order valence-electron chi connectivity index (χ1n) is 6.16. The van der Waals surface area contributed by atoms with Crippen molar-refractivity contribution in [2.75, 3.05) is 13.1 Å². The van der Waals surface area contributed by atoms with Crippen molar-refractivity contribution in [1.82, 2.24) is 5.32 Å². The molecule has 1 heterocycles. The van der Waals surface area contributed by atoms with Crippen LogP contribution in [0.1, 0.15) is 44.3 Å². The third-order valence-corrected chi connectivity index (χ3v) is 3.40. The molecule has 1 saturated carbocycles. The van der Waals surface area contributed by atoms with Gasteiger partial charge < -0.3 is 9.73 Å². The minimum atomic E-state index is 0.657. The highest BCUT2D eigenvalue weighted by molar-refractivity contribution is 5.09. The summed E-state index contributed by atoms with van der Waals surface area (Å²) < 4.78 is 5.53. The molecule has 1 aliphatic carbocycles. The fourth-order valence-electron chi connectivity index (χ4n) is 2.62. The fourth-order valence-corrected chi connectivity index (χ4v) is 2.62. The summed E-state index contributed by atoms with van der Waals surface area (Å²) in [5.74, 6) is 2.63. The van der Waals surface area contributed by atoms with Crippen molar-refractivity contribution in [1.29, 1.82) is 0 Å². The summed E-state index contributed by atoms with van der Waals surface area (Å²) >= 11 is 0. The van der Waals surface area contributed by atoms with Crippen molar-refractivity contribution in [2.24, 2.45) is 5.92 Å². The third-order valence-electron chi connectivity index (χ3n) is 3.40. The lowest BCUT2D eigenvalue weighted by Gasteiger charge is -2.17. The molecule has 0 aliphatic heterocycles. The molecular formula is C13H21NO. The number of hydrogen-bond donors (Lipinski definition) is 1. The molecule has 1 N–H and O–H groups in total. The largest absolute Gasteiger partial charge is 0.469 e. The maximum absolute atomic E-state index is 5.53. The van der Waals surface area contributed by atoms with Gasteiger partial charge in [0.2, 0.25) is 0 Å². The second kappa shape index (κ2) is 5.36. The molecule has 15 heavy (non-hydrogen) atoms. The van der Waals surface area contributed by atoms with Crippen LogP contribution in [0.5, 0.6) is 0 Å². The first kappa shape index (κ1) is 10.7. The van der Waals surface area contributed by atoms with E-state index in [0.29, 0.717) is 5.92 Å². The van der Waals surface area contributed by atoms with E-state index < -0.39 is 0 Å². The van der Waals surface area contributed by atoms with Crippen LogP contribution < -0.4 is 5.32 Å². The zero-order valence-corrected chi connectivity index (χ0v) is 9.54. The van der Waals surface area contributed by atoms with Crippen LogP contribution >= 0.6 is 0 Å². The van der Waals surface area contributed by atoms with Crippen LogP contribution in [0.15, 0.2) is 22.8 Å². The number of rotatable bonds is 5. The summed E-state index contributed by atoms with van der Waals surface area (Å²) in [5, 5.41) is 3.53. The molecule has 2 heteroatoms. The smallest absolute Gasteiger partial charge is 0.107 e. The van der Waals surface area contributed by atoms with E-state index in [1.54, 1.807) is 6.26 Å². The maximum atomic E-state index is 5.53. The van der Waals surface area contributed by atoms with Crippen LogP contribution in [0.2, 0.25) is 0 Å². The van der Waals surface area contributed by atoms with Gasteiger partial charge >= 0.3 is 0 Å². The van der Waals surface area contributed by atoms with E-state index in [2.05, 4.69) is 18.3 Å². The van der Waals surface area contributed by atoms with Crippen LogP contribution in [-0.4, -0.2) is 13.1 Å². The highest BCUT2D eigenvalue weighted by atomic mass is 16.3. The molecule has 84 valence electrons. The Labute approximate surface area is 92.1 Å². The average molecular weight is 207 g/mol. The molecule has 2 rings (SSSR count). The lowest BCUT2D eigenvalue weighted by atomic mass is 9.93. The van der Waals surface area contributed by atoms with E-state index >= 15 is 0 Å². The van der Waals surface area contributed by atoms with E-state index in [9.17, 15) is 0 Å². The minimum absolute atomic E-state index is 0.657. The first-order valence-corrected chi connectivity index (χ1v) is 6.16. The summed E-state index contributed by atoms with van der Waals surface area (Å²) in [6, 6.07) is 4.13. The Kier molecular flexibility index (Phi) is 3.84. The minimum Gasteiger partial charge on any atom is -0.469 e. The van der Waals surface area contributed by atoms with Gasteiger partial charge in [-0.1, -0.05) is 13.3 Å². The molecule has 0 spiro atoms. The van der Waals surface area contributed by atoms with Crippen LogP contribution in [0.3, 0.4) is 0 Å². The Morgan fingerprint density at radius 1 is 1.47 bits per heavy atom. The second-order valence-corrected chi connectivity index (χ2v) is 4.52. The molecule has 2 unspecified atom stereocenters. The predicted molar refractivity (Wildman–Crippen MR) is 62.0 cm³/mol. The summed E-state index contributed by atoms with van der Waals surface area (Å²) in [7, 11) is 0. The third kappa shape index (κ3) is 2.63. The van der Waals surface area contributed by atoms with Gasteiger partial charge in [-0.3, -0.25) is 0 Å². The summed E-state index contributed by atoms with van der Waals surface area (Å²) in [4.78, 5) is 0. The van der Waals surface area contributed by atoms with Crippen molar-refractivity contribution >= 4 is 0 Å². The first-order chi connectivity index (χ1) is 7.42. The molecule has 1 aromatic rings. The summed E-state index contributed by atoms with van der Waals surface area (Å²) in [5.41, 5.74) is 0. The monoisotopic (exact) mass is 207 g/mol. The van der Waals surface area contributed by atoms with Crippen LogP contribution in [0, 0.1) is 5.92 Å². The van der Waals surface area contributed by atoms with E-state index in [-0.39, 0.29) is 0 Å². The quantitative estimate of drug-likeness (QED) is 0.750. The number of furan rings is 1. The van der Waals surface area contributed by atoms with Gasteiger partial charge in [-0.25, -0.2) is 0 Å². The Morgan fingerprint density at radius 2 is 2.40 bits per heavy atom. The summed E-state index contributed by atoms with van der Waals surface area (Å²) in [6.45, 7) is 4.51. The molecule has 0 saturated heterocycles.